The number of hydrogen-bond acceptors (Lipinski definition) is 4. The topological polar surface area (TPSA) is 69.4 Å². The molecule has 0 bridgehead atoms. The van der Waals surface area contributed by atoms with Crippen LogP contribution in [-0.4, -0.2) is 17.5 Å². The van der Waals surface area contributed by atoms with Crippen LogP contribution in [0.3, 0.4) is 0 Å². The maximum Gasteiger partial charge on any atom is 0.302 e. The van der Waals surface area contributed by atoms with Crippen molar-refractivity contribution >= 4 is 23.3 Å². The first-order valence-electron chi connectivity index (χ1n) is 6.70. The molecule has 0 radical (unpaired) electrons. The Balaban J connectivity index is 2.30. The predicted molar refractivity (Wildman–Crippen MR) is 84.0 cm³/mol. The first-order valence-corrected chi connectivity index (χ1v) is 6.70. The number of nitro benzene ring substituents is 1. The molecule has 2 aromatic rings. The lowest BCUT2D eigenvalue weighted by Gasteiger charge is -2.08. The minimum absolute atomic E-state index is 0.0402. The predicted octanol–water partition coefficient (Wildman–Crippen LogP) is 3.70. The van der Waals surface area contributed by atoms with Crippen LogP contribution in [0.25, 0.3) is 11.6 Å². The van der Waals surface area contributed by atoms with E-state index in [-0.39, 0.29) is 18.3 Å². The second-order valence-electron chi connectivity index (χ2n) is 4.66. The van der Waals surface area contributed by atoms with Gasteiger partial charge in [-0.1, -0.05) is 30.3 Å². The number of rotatable bonds is 5. The molecular formula is C17H15NO4. The summed E-state index contributed by atoms with van der Waals surface area (Å²) in [6, 6.07) is 15.7. The van der Waals surface area contributed by atoms with Gasteiger partial charge in [0.15, 0.2) is 0 Å². The quantitative estimate of drug-likeness (QED) is 0.365. The summed E-state index contributed by atoms with van der Waals surface area (Å²) in [5.74, 6) is -0.356. The largest absolute Gasteiger partial charge is 0.461 e. The molecule has 0 N–H and O–H groups in total. The monoisotopic (exact) mass is 297 g/mol. The third-order valence-corrected chi connectivity index (χ3v) is 3.02. The summed E-state index contributed by atoms with van der Waals surface area (Å²) in [7, 11) is 0. The van der Waals surface area contributed by atoms with Crippen molar-refractivity contribution in [1.82, 2.24) is 0 Å². The smallest absolute Gasteiger partial charge is 0.302 e. The number of hydrogen-bond donors (Lipinski definition) is 0. The van der Waals surface area contributed by atoms with Crippen molar-refractivity contribution in [1.29, 1.82) is 0 Å². The summed E-state index contributed by atoms with van der Waals surface area (Å²) in [4.78, 5) is 21.3. The fourth-order valence-electron chi connectivity index (χ4n) is 1.93. The molecule has 0 aromatic heterocycles. The van der Waals surface area contributed by atoms with Gasteiger partial charge in [0, 0.05) is 19.1 Å². The summed E-state index contributed by atoms with van der Waals surface area (Å²) in [5, 5.41) is 10.7. The third kappa shape index (κ3) is 4.28. The maximum atomic E-state index is 11.0. The van der Waals surface area contributed by atoms with Crippen molar-refractivity contribution in [3.05, 3.63) is 75.8 Å². The Morgan fingerprint density at radius 1 is 1.14 bits per heavy atom. The molecule has 0 spiro atoms. The molecule has 0 fully saturated rings. The fourth-order valence-corrected chi connectivity index (χ4v) is 1.93. The minimum atomic E-state index is -0.440. The molecular weight excluding hydrogens is 282 g/mol. The second kappa shape index (κ2) is 7.17. The van der Waals surface area contributed by atoms with Crippen LogP contribution in [0.5, 0.6) is 0 Å². The van der Waals surface area contributed by atoms with E-state index in [1.165, 1.54) is 19.1 Å². The zero-order valence-corrected chi connectivity index (χ0v) is 12.1. The van der Waals surface area contributed by atoms with Crippen molar-refractivity contribution in [2.24, 2.45) is 0 Å². The molecule has 2 aromatic carbocycles. The van der Waals surface area contributed by atoms with Crippen molar-refractivity contribution in [2.45, 2.75) is 6.92 Å². The number of carbonyl (C=O) groups is 1. The second-order valence-corrected chi connectivity index (χ2v) is 4.66. The van der Waals surface area contributed by atoms with Gasteiger partial charge >= 0.3 is 5.97 Å². The van der Waals surface area contributed by atoms with Gasteiger partial charge in [-0.05, 0) is 34.9 Å². The van der Waals surface area contributed by atoms with E-state index in [0.29, 0.717) is 0 Å². The molecule has 0 aliphatic heterocycles. The Morgan fingerprint density at radius 3 is 2.32 bits per heavy atom. The zero-order valence-electron chi connectivity index (χ0n) is 12.1. The van der Waals surface area contributed by atoms with Gasteiger partial charge in [-0.2, -0.15) is 0 Å². The van der Waals surface area contributed by atoms with Gasteiger partial charge in [0.25, 0.3) is 5.69 Å². The van der Waals surface area contributed by atoms with E-state index in [9.17, 15) is 14.9 Å². The normalized spacial score (nSPS) is 11.0. The van der Waals surface area contributed by atoms with Gasteiger partial charge in [-0.3, -0.25) is 14.9 Å². The van der Waals surface area contributed by atoms with E-state index < -0.39 is 4.92 Å². The summed E-state index contributed by atoms with van der Waals surface area (Å²) in [5.41, 5.74) is 2.60. The van der Waals surface area contributed by atoms with Crippen LogP contribution in [0.4, 0.5) is 5.69 Å². The Morgan fingerprint density at radius 2 is 1.77 bits per heavy atom. The maximum absolute atomic E-state index is 11.0. The fraction of sp³-hybridized carbons (Fsp3) is 0.118. The molecule has 0 atom stereocenters. The molecule has 112 valence electrons. The van der Waals surface area contributed by atoms with Crippen molar-refractivity contribution in [2.75, 3.05) is 6.61 Å². The van der Waals surface area contributed by atoms with E-state index in [1.807, 2.05) is 36.4 Å². The summed E-state index contributed by atoms with van der Waals surface area (Å²) in [6.07, 6.45) is 1.85. The van der Waals surface area contributed by atoms with Crippen LogP contribution in [0.15, 0.2) is 54.6 Å². The molecule has 5 nitrogen and oxygen atoms in total. The van der Waals surface area contributed by atoms with Gasteiger partial charge in [0.05, 0.1) is 4.92 Å². The summed E-state index contributed by atoms with van der Waals surface area (Å²) >= 11 is 0. The lowest BCUT2D eigenvalue weighted by atomic mass is 10.0. The zero-order chi connectivity index (χ0) is 15.9. The molecule has 5 heteroatoms. The Bertz CT molecular complexity index is 690. The number of non-ortho nitro benzene ring substituents is 1. The summed E-state index contributed by atoms with van der Waals surface area (Å²) < 4.78 is 5.08. The highest BCUT2D eigenvalue weighted by Crippen LogP contribution is 2.20. The van der Waals surface area contributed by atoms with Crippen molar-refractivity contribution < 1.29 is 14.5 Å². The van der Waals surface area contributed by atoms with Crippen molar-refractivity contribution in [3.63, 3.8) is 0 Å². The van der Waals surface area contributed by atoms with Gasteiger partial charge in [0.2, 0.25) is 0 Å². The molecule has 0 saturated carbocycles. The molecule has 0 saturated heterocycles. The third-order valence-electron chi connectivity index (χ3n) is 3.02. The van der Waals surface area contributed by atoms with Gasteiger partial charge < -0.3 is 4.74 Å². The molecule has 0 aliphatic carbocycles. The van der Waals surface area contributed by atoms with Crippen LogP contribution in [-0.2, 0) is 9.53 Å². The van der Waals surface area contributed by atoms with E-state index in [0.717, 1.165) is 16.7 Å². The minimum Gasteiger partial charge on any atom is -0.461 e. The van der Waals surface area contributed by atoms with Crippen LogP contribution in [0.1, 0.15) is 18.1 Å². The first-order chi connectivity index (χ1) is 10.6. The Kier molecular flexibility index (Phi) is 5.03. The highest BCUT2D eigenvalue weighted by Gasteiger charge is 2.06. The van der Waals surface area contributed by atoms with Crippen LogP contribution >= 0.6 is 0 Å². The first kappa shape index (κ1) is 15.4. The standard InChI is InChI=1S/C17H15NO4/c1-13(19)22-12-16(15-5-3-2-4-6-15)11-14-7-9-17(10-8-14)18(20)21/h2-11H,12H2,1H3/b16-11+. The average molecular weight is 297 g/mol. The van der Waals surface area contributed by atoms with Crippen LogP contribution in [0, 0.1) is 10.1 Å². The molecule has 0 heterocycles. The SMILES string of the molecule is CC(=O)OC/C(=C\c1ccc([N+](=O)[O-])cc1)c1ccccc1. The van der Waals surface area contributed by atoms with Gasteiger partial charge in [0.1, 0.15) is 6.61 Å². The highest BCUT2D eigenvalue weighted by molar-refractivity contribution is 5.83. The van der Waals surface area contributed by atoms with E-state index in [4.69, 9.17) is 4.74 Å². The molecule has 2 rings (SSSR count). The molecule has 22 heavy (non-hydrogen) atoms. The van der Waals surface area contributed by atoms with Crippen LogP contribution < -0.4 is 0 Å². The average Bonchev–Trinajstić information content (AvgIpc) is 2.52. The number of esters is 1. The number of ether oxygens (including phenoxy) is 1. The van der Waals surface area contributed by atoms with Gasteiger partial charge in [-0.25, -0.2) is 0 Å². The van der Waals surface area contributed by atoms with E-state index in [1.54, 1.807) is 12.1 Å². The number of nitrogens with zero attached hydrogens (tertiary/aromatic N) is 1. The number of benzene rings is 2. The molecule has 0 unspecified atom stereocenters. The van der Waals surface area contributed by atoms with Crippen LogP contribution in [0.2, 0.25) is 0 Å². The Hall–Kier alpha value is -2.95. The molecule has 0 amide bonds. The number of carbonyl (C=O) groups excluding carboxylic acids is 1. The Labute approximate surface area is 128 Å². The van der Waals surface area contributed by atoms with Gasteiger partial charge in [-0.15, -0.1) is 0 Å². The molecule has 0 aliphatic rings. The van der Waals surface area contributed by atoms with E-state index in [2.05, 4.69) is 0 Å². The lowest BCUT2D eigenvalue weighted by molar-refractivity contribution is -0.384. The number of nitro groups is 1. The summed E-state index contributed by atoms with van der Waals surface area (Å²) in [6.45, 7) is 1.50. The lowest BCUT2D eigenvalue weighted by Crippen LogP contribution is -2.02. The highest BCUT2D eigenvalue weighted by atomic mass is 16.6. The van der Waals surface area contributed by atoms with Crippen molar-refractivity contribution in [3.8, 4) is 0 Å². The van der Waals surface area contributed by atoms with E-state index >= 15 is 0 Å².